The summed E-state index contributed by atoms with van der Waals surface area (Å²) in [6.07, 6.45) is 4.34. The zero-order chi connectivity index (χ0) is 16.3. The predicted molar refractivity (Wildman–Crippen MR) is 89.4 cm³/mol. The van der Waals surface area contributed by atoms with Gasteiger partial charge in [0.05, 0.1) is 10.9 Å². The highest BCUT2D eigenvalue weighted by molar-refractivity contribution is 9.10. The van der Waals surface area contributed by atoms with Gasteiger partial charge in [0.25, 0.3) is 0 Å². The van der Waals surface area contributed by atoms with E-state index >= 15 is 0 Å². The van der Waals surface area contributed by atoms with E-state index in [-0.39, 0.29) is 24.5 Å². The number of benzene rings is 1. The Morgan fingerprint density at radius 1 is 1.17 bits per heavy atom. The summed E-state index contributed by atoms with van der Waals surface area (Å²) in [5.74, 6) is 1.63. The molecule has 3 unspecified atom stereocenters. The van der Waals surface area contributed by atoms with Crippen molar-refractivity contribution in [2.24, 2.45) is 5.92 Å². The lowest BCUT2D eigenvalue weighted by Gasteiger charge is -2.22. The molecule has 1 fully saturated rings. The lowest BCUT2D eigenvalue weighted by Crippen LogP contribution is -2.13. The van der Waals surface area contributed by atoms with E-state index in [9.17, 15) is 9.90 Å². The number of carboxylic acids is 1. The Morgan fingerprint density at radius 2 is 1.78 bits per heavy atom. The molecule has 3 atom stereocenters. The van der Waals surface area contributed by atoms with E-state index in [2.05, 4.69) is 29.8 Å². The van der Waals surface area contributed by atoms with Gasteiger partial charge in [-0.25, -0.2) is 0 Å². The summed E-state index contributed by atoms with van der Waals surface area (Å²) in [6, 6.07) is 0. The van der Waals surface area contributed by atoms with Crippen LogP contribution in [0.3, 0.4) is 0 Å². The highest BCUT2D eigenvalue weighted by atomic mass is 79.9. The molecule has 2 heterocycles. The Morgan fingerprint density at radius 3 is 2.39 bits per heavy atom. The van der Waals surface area contributed by atoms with Crippen LogP contribution >= 0.6 is 15.9 Å². The Balaban J connectivity index is 1.90. The number of rotatable bonds is 4. The SMILES string of the molecule is CC1Cc2c(c(Br)c3c(c2C(CC(=O)O)C2CC2)OC(C)C3)O1. The van der Waals surface area contributed by atoms with Crippen molar-refractivity contribution in [2.45, 2.75) is 64.1 Å². The van der Waals surface area contributed by atoms with Gasteiger partial charge in [-0.1, -0.05) is 0 Å². The molecule has 0 amide bonds. The van der Waals surface area contributed by atoms with Gasteiger partial charge in [0.2, 0.25) is 0 Å². The molecular formula is C18H21BrO4. The predicted octanol–water partition coefficient (Wildman–Crippen LogP) is 4.06. The molecular weight excluding hydrogens is 360 g/mol. The van der Waals surface area contributed by atoms with Crippen molar-refractivity contribution in [3.05, 3.63) is 21.2 Å². The minimum absolute atomic E-state index is 0.0438. The molecule has 1 N–H and O–H groups in total. The number of fused-ring (bicyclic) bond motifs is 2. The average Bonchev–Trinajstić information content (AvgIpc) is 3.14. The molecule has 124 valence electrons. The fourth-order valence-corrected chi connectivity index (χ4v) is 4.75. The third-order valence-electron chi connectivity index (χ3n) is 5.16. The highest BCUT2D eigenvalue weighted by Gasteiger charge is 2.42. The zero-order valence-electron chi connectivity index (χ0n) is 13.4. The largest absolute Gasteiger partial charge is 0.490 e. The summed E-state index contributed by atoms with van der Waals surface area (Å²) in [4.78, 5) is 11.4. The average molecular weight is 381 g/mol. The molecule has 3 aliphatic rings. The van der Waals surface area contributed by atoms with Gasteiger partial charge < -0.3 is 14.6 Å². The summed E-state index contributed by atoms with van der Waals surface area (Å²) in [5, 5.41) is 9.40. The monoisotopic (exact) mass is 380 g/mol. The molecule has 1 saturated carbocycles. The smallest absolute Gasteiger partial charge is 0.303 e. The normalized spacial score (nSPS) is 26.2. The van der Waals surface area contributed by atoms with Crippen molar-refractivity contribution in [3.8, 4) is 11.5 Å². The first-order valence-corrected chi connectivity index (χ1v) is 9.17. The quantitative estimate of drug-likeness (QED) is 0.855. The summed E-state index contributed by atoms with van der Waals surface area (Å²) in [6.45, 7) is 4.13. The minimum Gasteiger partial charge on any atom is -0.490 e. The van der Waals surface area contributed by atoms with E-state index in [1.165, 1.54) is 0 Å². The number of carboxylic acid groups (broad SMARTS) is 1. The van der Waals surface area contributed by atoms with Crippen LogP contribution in [-0.2, 0) is 17.6 Å². The van der Waals surface area contributed by atoms with Gasteiger partial charge in [0, 0.05) is 35.4 Å². The molecule has 23 heavy (non-hydrogen) atoms. The van der Waals surface area contributed by atoms with Crippen molar-refractivity contribution in [1.82, 2.24) is 0 Å². The number of aliphatic carboxylic acids is 1. The van der Waals surface area contributed by atoms with Crippen LogP contribution in [0.5, 0.6) is 11.5 Å². The summed E-state index contributed by atoms with van der Waals surface area (Å²) in [7, 11) is 0. The second kappa shape index (κ2) is 5.40. The first-order valence-electron chi connectivity index (χ1n) is 8.37. The van der Waals surface area contributed by atoms with Crippen LogP contribution in [0.2, 0.25) is 0 Å². The van der Waals surface area contributed by atoms with E-state index in [1.807, 2.05) is 0 Å². The van der Waals surface area contributed by atoms with E-state index in [0.29, 0.717) is 5.92 Å². The van der Waals surface area contributed by atoms with Crippen molar-refractivity contribution in [3.63, 3.8) is 0 Å². The zero-order valence-corrected chi connectivity index (χ0v) is 15.0. The van der Waals surface area contributed by atoms with E-state index in [0.717, 1.165) is 58.3 Å². The lowest BCUT2D eigenvalue weighted by atomic mass is 9.84. The molecule has 4 rings (SSSR count). The molecule has 4 nitrogen and oxygen atoms in total. The van der Waals surface area contributed by atoms with Crippen LogP contribution in [0.15, 0.2) is 4.47 Å². The molecule has 0 radical (unpaired) electrons. The number of hydrogen-bond donors (Lipinski definition) is 1. The van der Waals surface area contributed by atoms with Crippen LogP contribution in [0.25, 0.3) is 0 Å². The Hall–Kier alpha value is -1.23. The van der Waals surface area contributed by atoms with Crippen LogP contribution in [0.1, 0.15) is 55.7 Å². The van der Waals surface area contributed by atoms with Gasteiger partial charge in [-0.3, -0.25) is 4.79 Å². The molecule has 0 bridgehead atoms. The van der Waals surface area contributed by atoms with Crippen LogP contribution in [-0.4, -0.2) is 23.3 Å². The Bertz CT molecular complexity index is 641. The van der Waals surface area contributed by atoms with Gasteiger partial charge in [0.1, 0.15) is 23.7 Å². The van der Waals surface area contributed by atoms with Gasteiger partial charge in [-0.15, -0.1) is 0 Å². The van der Waals surface area contributed by atoms with Crippen molar-refractivity contribution < 1.29 is 19.4 Å². The minimum atomic E-state index is -0.731. The van der Waals surface area contributed by atoms with Gasteiger partial charge in [-0.05, 0) is 48.5 Å². The fraction of sp³-hybridized carbons (Fsp3) is 0.611. The standard InChI is InChI=1S/C18H21BrO4/c1-8-5-12-15(11(7-14(20)21)10-3-4-10)17-13(6-9(2)22-17)16(19)18(12)23-8/h8-11H,3-7H2,1-2H3,(H,20,21). The van der Waals surface area contributed by atoms with Crippen LogP contribution < -0.4 is 9.47 Å². The highest BCUT2D eigenvalue weighted by Crippen LogP contribution is 2.56. The van der Waals surface area contributed by atoms with Crippen molar-refractivity contribution in [2.75, 3.05) is 0 Å². The van der Waals surface area contributed by atoms with E-state index < -0.39 is 5.97 Å². The molecule has 0 spiro atoms. The second-order valence-electron chi connectivity index (χ2n) is 7.15. The van der Waals surface area contributed by atoms with Crippen LogP contribution in [0.4, 0.5) is 0 Å². The van der Waals surface area contributed by atoms with Gasteiger partial charge >= 0.3 is 5.97 Å². The maximum Gasteiger partial charge on any atom is 0.303 e. The first-order chi connectivity index (χ1) is 11.0. The number of carbonyl (C=O) groups is 1. The Labute approximate surface area is 144 Å². The van der Waals surface area contributed by atoms with E-state index in [1.54, 1.807) is 0 Å². The topological polar surface area (TPSA) is 55.8 Å². The van der Waals surface area contributed by atoms with Gasteiger partial charge in [0.15, 0.2) is 0 Å². The maximum absolute atomic E-state index is 11.4. The third-order valence-corrected chi connectivity index (χ3v) is 6.00. The molecule has 1 aromatic carbocycles. The molecule has 0 aromatic heterocycles. The number of halogens is 1. The molecule has 2 aliphatic heterocycles. The Kier molecular flexibility index (Phi) is 3.59. The molecule has 0 saturated heterocycles. The van der Waals surface area contributed by atoms with Crippen molar-refractivity contribution in [1.29, 1.82) is 0 Å². The first kappa shape index (κ1) is 15.3. The maximum atomic E-state index is 11.4. The van der Waals surface area contributed by atoms with Crippen molar-refractivity contribution >= 4 is 21.9 Å². The number of hydrogen-bond acceptors (Lipinski definition) is 3. The second-order valence-corrected chi connectivity index (χ2v) is 7.94. The lowest BCUT2D eigenvalue weighted by molar-refractivity contribution is -0.137. The van der Waals surface area contributed by atoms with Gasteiger partial charge in [-0.2, -0.15) is 0 Å². The third kappa shape index (κ3) is 2.53. The fourth-order valence-electron chi connectivity index (χ4n) is 4.08. The summed E-state index contributed by atoms with van der Waals surface area (Å²) < 4.78 is 13.2. The van der Waals surface area contributed by atoms with E-state index in [4.69, 9.17) is 9.47 Å². The molecule has 5 heteroatoms. The summed E-state index contributed by atoms with van der Waals surface area (Å²) >= 11 is 3.70. The molecule has 1 aliphatic carbocycles. The van der Waals surface area contributed by atoms with Crippen LogP contribution in [0, 0.1) is 5.92 Å². The summed E-state index contributed by atoms with van der Waals surface area (Å²) in [5.41, 5.74) is 3.43. The molecule has 1 aromatic rings. The number of ether oxygens (including phenoxy) is 2.